The van der Waals surface area contributed by atoms with Crippen LogP contribution in [-0.4, -0.2) is 17.2 Å². The lowest BCUT2D eigenvalue weighted by Gasteiger charge is -2.01. The monoisotopic (exact) mass is 196 g/mol. The molecule has 1 saturated carbocycles. The summed E-state index contributed by atoms with van der Waals surface area (Å²) >= 11 is 5.97. The molecular formula is C9H10BClO2. The molecule has 1 aromatic rings. The molecule has 0 bridgehead atoms. The Morgan fingerprint density at radius 3 is 2.54 bits per heavy atom. The van der Waals surface area contributed by atoms with Gasteiger partial charge in [0, 0.05) is 10.8 Å². The van der Waals surface area contributed by atoms with E-state index in [-0.39, 0.29) is 11.7 Å². The Hall–Kier alpha value is -0.505. The fourth-order valence-corrected chi connectivity index (χ4v) is 1.95. The van der Waals surface area contributed by atoms with Gasteiger partial charge in [0.2, 0.25) is 0 Å². The molecule has 0 radical (unpaired) electrons. The van der Waals surface area contributed by atoms with Crippen LogP contribution in [0.3, 0.4) is 0 Å². The number of hydrogen-bond donors (Lipinski definition) is 2. The van der Waals surface area contributed by atoms with E-state index in [4.69, 9.17) is 21.6 Å². The lowest BCUT2D eigenvalue weighted by molar-refractivity contribution is 0.402. The minimum Gasteiger partial charge on any atom is -0.427 e. The lowest BCUT2D eigenvalue weighted by atomic mass is 9.81. The lowest BCUT2D eigenvalue weighted by Crippen LogP contribution is -2.11. The second kappa shape index (κ2) is 3.33. The Morgan fingerprint density at radius 2 is 2.00 bits per heavy atom. The Morgan fingerprint density at radius 1 is 1.31 bits per heavy atom. The Kier molecular flexibility index (Phi) is 2.32. The van der Waals surface area contributed by atoms with E-state index in [1.165, 1.54) is 0 Å². The van der Waals surface area contributed by atoms with Gasteiger partial charge in [-0.2, -0.15) is 0 Å². The van der Waals surface area contributed by atoms with Crippen molar-refractivity contribution in [1.29, 1.82) is 0 Å². The van der Waals surface area contributed by atoms with E-state index < -0.39 is 7.12 Å². The van der Waals surface area contributed by atoms with E-state index in [0.29, 0.717) is 0 Å². The van der Waals surface area contributed by atoms with Crippen LogP contribution >= 0.6 is 11.6 Å². The Balaban J connectivity index is 2.16. The maximum atomic E-state index is 8.93. The summed E-state index contributed by atoms with van der Waals surface area (Å²) in [5.41, 5.74) is 1.03. The molecule has 1 aromatic carbocycles. The molecule has 0 saturated heterocycles. The van der Waals surface area contributed by atoms with Gasteiger partial charge in [-0.3, -0.25) is 0 Å². The number of benzene rings is 1. The molecule has 2 atom stereocenters. The average molecular weight is 196 g/mol. The standard InChI is InChI=1S/C9H10BClO2/c11-9-4-2-1-3-6(9)7-5-8(7)10(12)13/h1-4,7-8,12-13H,5H2/t7-,8-/m1/s1. The summed E-state index contributed by atoms with van der Waals surface area (Å²) < 4.78 is 0. The van der Waals surface area contributed by atoms with Crippen LogP contribution in [0.25, 0.3) is 0 Å². The summed E-state index contributed by atoms with van der Waals surface area (Å²) in [6, 6.07) is 7.56. The van der Waals surface area contributed by atoms with Crippen molar-refractivity contribution in [3.63, 3.8) is 0 Å². The molecule has 0 spiro atoms. The fourth-order valence-electron chi connectivity index (χ4n) is 1.68. The molecule has 1 aliphatic carbocycles. The predicted octanol–water partition coefficient (Wildman–Crippen LogP) is 1.67. The Labute approximate surface area is 82.3 Å². The molecule has 1 aliphatic rings. The first kappa shape index (κ1) is 9.07. The normalized spacial score (nSPS) is 25.8. The van der Waals surface area contributed by atoms with Crippen molar-refractivity contribution in [2.45, 2.75) is 18.2 Å². The third-order valence-corrected chi connectivity index (χ3v) is 2.87. The summed E-state index contributed by atoms with van der Waals surface area (Å²) in [5, 5.41) is 18.6. The average Bonchev–Trinajstić information content (AvgIpc) is 2.84. The minimum absolute atomic E-state index is 0.0279. The zero-order chi connectivity index (χ0) is 9.42. The molecule has 1 fully saturated rings. The predicted molar refractivity (Wildman–Crippen MR) is 52.8 cm³/mol. The van der Waals surface area contributed by atoms with Gasteiger partial charge >= 0.3 is 7.12 Å². The highest BCUT2D eigenvalue weighted by molar-refractivity contribution is 6.45. The molecule has 0 aliphatic heterocycles. The van der Waals surface area contributed by atoms with Crippen LogP contribution < -0.4 is 0 Å². The fraction of sp³-hybridized carbons (Fsp3) is 0.333. The minimum atomic E-state index is -1.21. The molecule has 2 nitrogen and oxygen atoms in total. The van der Waals surface area contributed by atoms with Crippen LogP contribution in [0.5, 0.6) is 0 Å². The summed E-state index contributed by atoms with van der Waals surface area (Å²) in [6.07, 6.45) is 0.821. The molecule has 13 heavy (non-hydrogen) atoms. The van der Waals surface area contributed by atoms with Crippen LogP contribution in [0, 0.1) is 0 Å². The van der Waals surface area contributed by atoms with E-state index >= 15 is 0 Å². The summed E-state index contributed by atoms with van der Waals surface area (Å²) in [5.74, 6) is 0.202. The Bertz CT molecular complexity index is 316. The highest BCUT2D eigenvalue weighted by atomic mass is 35.5. The van der Waals surface area contributed by atoms with Crippen molar-refractivity contribution in [3.8, 4) is 0 Å². The maximum Gasteiger partial charge on any atom is 0.455 e. The molecule has 4 heteroatoms. The third kappa shape index (κ3) is 1.73. The van der Waals surface area contributed by atoms with Crippen molar-refractivity contribution < 1.29 is 10.0 Å². The topological polar surface area (TPSA) is 40.5 Å². The quantitative estimate of drug-likeness (QED) is 0.707. The van der Waals surface area contributed by atoms with E-state index in [0.717, 1.165) is 17.0 Å². The smallest absolute Gasteiger partial charge is 0.427 e. The first-order valence-corrected chi connectivity index (χ1v) is 4.68. The van der Waals surface area contributed by atoms with Gasteiger partial charge in [-0.25, -0.2) is 0 Å². The van der Waals surface area contributed by atoms with Gasteiger partial charge in [0.15, 0.2) is 0 Å². The summed E-state index contributed by atoms with van der Waals surface area (Å²) in [7, 11) is -1.21. The van der Waals surface area contributed by atoms with Gasteiger partial charge in [-0.1, -0.05) is 29.8 Å². The van der Waals surface area contributed by atoms with Crippen molar-refractivity contribution >= 4 is 18.7 Å². The second-order valence-corrected chi connectivity index (χ2v) is 3.85. The molecule has 0 heterocycles. The largest absolute Gasteiger partial charge is 0.455 e. The SMILES string of the molecule is OB(O)[C@@H]1C[C@@H]1c1ccccc1Cl. The van der Waals surface area contributed by atoms with E-state index in [1.807, 2.05) is 24.3 Å². The van der Waals surface area contributed by atoms with E-state index in [9.17, 15) is 0 Å². The van der Waals surface area contributed by atoms with Gasteiger partial charge in [-0.05, 0) is 24.0 Å². The molecular weight excluding hydrogens is 186 g/mol. The summed E-state index contributed by atoms with van der Waals surface area (Å²) in [6.45, 7) is 0. The van der Waals surface area contributed by atoms with Gasteiger partial charge in [0.25, 0.3) is 0 Å². The zero-order valence-electron chi connectivity index (χ0n) is 7.02. The van der Waals surface area contributed by atoms with Gasteiger partial charge in [0.05, 0.1) is 0 Å². The molecule has 2 rings (SSSR count). The van der Waals surface area contributed by atoms with Crippen molar-refractivity contribution in [1.82, 2.24) is 0 Å². The molecule has 0 aromatic heterocycles. The zero-order valence-corrected chi connectivity index (χ0v) is 7.78. The molecule has 0 unspecified atom stereocenters. The molecule has 0 amide bonds. The number of rotatable bonds is 2. The maximum absolute atomic E-state index is 8.93. The first-order valence-electron chi connectivity index (χ1n) is 4.30. The highest BCUT2D eigenvalue weighted by Gasteiger charge is 2.46. The van der Waals surface area contributed by atoms with Crippen LogP contribution in [0.15, 0.2) is 24.3 Å². The van der Waals surface area contributed by atoms with Crippen molar-refractivity contribution in [3.05, 3.63) is 34.9 Å². The van der Waals surface area contributed by atoms with Gasteiger partial charge in [-0.15, -0.1) is 0 Å². The van der Waals surface area contributed by atoms with Crippen LogP contribution in [0.2, 0.25) is 10.8 Å². The number of halogens is 1. The van der Waals surface area contributed by atoms with E-state index in [1.54, 1.807) is 0 Å². The van der Waals surface area contributed by atoms with Gasteiger partial charge in [0.1, 0.15) is 0 Å². The second-order valence-electron chi connectivity index (χ2n) is 3.44. The summed E-state index contributed by atoms with van der Waals surface area (Å²) in [4.78, 5) is 0. The van der Waals surface area contributed by atoms with Crippen molar-refractivity contribution in [2.24, 2.45) is 0 Å². The molecule has 2 N–H and O–H groups in total. The van der Waals surface area contributed by atoms with Crippen molar-refractivity contribution in [2.75, 3.05) is 0 Å². The highest BCUT2D eigenvalue weighted by Crippen LogP contribution is 2.55. The van der Waals surface area contributed by atoms with Crippen LogP contribution in [0.4, 0.5) is 0 Å². The van der Waals surface area contributed by atoms with E-state index in [2.05, 4.69) is 0 Å². The van der Waals surface area contributed by atoms with Crippen LogP contribution in [-0.2, 0) is 0 Å². The van der Waals surface area contributed by atoms with Gasteiger partial charge < -0.3 is 10.0 Å². The molecule has 68 valence electrons. The van der Waals surface area contributed by atoms with Crippen LogP contribution in [0.1, 0.15) is 17.9 Å². The third-order valence-electron chi connectivity index (χ3n) is 2.53. The number of hydrogen-bond acceptors (Lipinski definition) is 2. The first-order chi connectivity index (χ1) is 6.20.